The summed E-state index contributed by atoms with van der Waals surface area (Å²) in [6.07, 6.45) is 3.89. The number of rotatable bonds is 8. The Morgan fingerprint density at radius 3 is 1.53 bits per heavy atom. The summed E-state index contributed by atoms with van der Waals surface area (Å²) in [4.78, 5) is 0. The number of fused-ring (bicyclic) bond motifs is 1. The average Bonchev–Trinajstić information content (AvgIpc) is 3.55. The van der Waals surface area contributed by atoms with Crippen LogP contribution in [-0.4, -0.2) is 5.11 Å². The highest BCUT2D eigenvalue weighted by Gasteiger charge is 2.19. The van der Waals surface area contributed by atoms with Gasteiger partial charge in [0.1, 0.15) is 17.1 Å². The van der Waals surface area contributed by atoms with Crippen molar-refractivity contribution in [1.29, 1.82) is 0 Å². The molecule has 1 N–H and O–H groups in total. The highest BCUT2D eigenvalue weighted by molar-refractivity contribution is 5.99. The first-order valence-electron chi connectivity index (χ1n) is 17.2. The maximum atomic E-state index is 11.3. The van der Waals surface area contributed by atoms with Crippen LogP contribution in [0.5, 0.6) is 5.75 Å². The second kappa shape index (κ2) is 13.7. The van der Waals surface area contributed by atoms with E-state index in [0.717, 1.165) is 55.7 Å². The van der Waals surface area contributed by atoms with E-state index in [1.54, 1.807) is 6.07 Å². The number of allylic oxidation sites excluding steroid dienone is 1. The second-order valence-electron chi connectivity index (χ2n) is 12.7. The van der Waals surface area contributed by atoms with Crippen LogP contribution in [0.3, 0.4) is 0 Å². The number of furan rings is 1. The summed E-state index contributed by atoms with van der Waals surface area (Å²) in [5, 5.41) is 12.2. The van der Waals surface area contributed by atoms with Gasteiger partial charge in [0.15, 0.2) is 0 Å². The molecule has 2 nitrogen and oxygen atoms in total. The molecule has 7 aromatic carbocycles. The molecule has 0 saturated heterocycles. The van der Waals surface area contributed by atoms with E-state index in [9.17, 15) is 5.11 Å². The SMILES string of the molecule is C=Cc1c(/C(=C\C)c2ccccc2)oc2cc(O)c(-c3cccc(-c4ccc(-c5cc(-c6ccccc6)cc(-c6ccccc6)c5)cc4)c3)cc12. The summed E-state index contributed by atoms with van der Waals surface area (Å²) in [5.74, 6) is 0.907. The first kappa shape index (κ1) is 31.6. The molecule has 0 unspecified atom stereocenters. The van der Waals surface area contributed by atoms with E-state index in [4.69, 9.17) is 4.42 Å². The highest BCUT2D eigenvalue weighted by Crippen LogP contribution is 2.41. The molecule has 0 spiro atoms. The number of phenolic OH excluding ortho intramolecular Hbond substituents is 1. The lowest BCUT2D eigenvalue weighted by atomic mass is 9.92. The summed E-state index contributed by atoms with van der Waals surface area (Å²) < 4.78 is 6.38. The fraction of sp³-hybridized carbons (Fsp3) is 0.0204. The van der Waals surface area contributed by atoms with Gasteiger partial charge in [-0.25, -0.2) is 0 Å². The summed E-state index contributed by atoms with van der Waals surface area (Å²) >= 11 is 0. The zero-order chi connectivity index (χ0) is 34.7. The molecule has 2 heteroatoms. The summed E-state index contributed by atoms with van der Waals surface area (Å²) in [5.41, 5.74) is 14.5. The maximum absolute atomic E-state index is 11.3. The van der Waals surface area contributed by atoms with Gasteiger partial charge in [0.05, 0.1) is 0 Å². The van der Waals surface area contributed by atoms with Crippen molar-refractivity contribution in [3.63, 3.8) is 0 Å². The molecule has 0 atom stereocenters. The molecule has 0 radical (unpaired) electrons. The van der Waals surface area contributed by atoms with Crippen molar-refractivity contribution in [3.05, 3.63) is 199 Å². The Kier molecular flexibility index (Phi) is 8.49. The molecule has 0 aliphatic carbocycles. The molecule has 0 aliphatic rings. The Bertz CT molecular complexity index is 2460. The van der Waals surface area contributed by atoms with Gasteiger partial charge in [0.2, 0.25) is 0 Å². The molecule has 51 heavy (non-hydrogen) atoms. The quantitative estimate of drug-likeness (QED) is 0.177. The third kappa shape index (κ3) is 6.20. The number of hydrogen-bond acceptors (Lipinski definition) is 2. The summed E-state index contributed by atoms with van der Waals surface area (Å²) in [6.45, 7) is 6.13. The monoisotopic (exact) mass is 656 g/mol. The molecule has 8 aromatic rings. The molecule has 244 valence electrons. The standard InChI is InChI=1S/C49H36O2/c1-3-43(37-19-12-7-13-20-37)49-44(4-2)46-31-45(47(50)32-48(46)51-49)39-22-14-21-38(27-39)35-23-25-36(26-24-35)42-29-40(33-15-8-5-9-16-33)28-41(30-42)34-17-10-6-11-18-34/h3-32,50H,2H2,1H3/b43-3-. The number of aromatic hydroxyl groups is 1. The van der Waals surface area contributed by atoms with Crippen LogP contribution in [0.2, 0.25) is 0 Å². The van der Waals surface area contributed by atoms with Crippen molar-refractivity contribution in [3.8, 4) is 61.4 Å². The van der Waals surface area contributed by atoms with E-state index in [2.05, 4.69) is 140 Å². The van der Waals surface area contributed by atoms with Crippen LogP contribution in [0.1, 0.15) is 23.8 Å². The lowest BCUT2D eigenvalue weighted by molar-refractivity contribution is 0.476. The first-order valence-corrected chi connectivity index (χ1v) is 17.2. The number of phenols is 1. The van der Waals surface area contributed by atoms with E-state index in [1.165, 1.54) is 27.8 Å². The zero-order valence-electron chi connectivity index (χ0n) is 28.4. The molecule has 0 bridgehead atoms. The lowest BCUT2D eigenvalue weighted by Crippen LogP contribution is -1.88. The van der Waals surface area contributed by atoms with E-state index in [1.807, 2.05) is 49.4 Å². The van der Waals surface area contributed by atoms with Crippen molar-refractivity contribution in [2.24, 2.45) is 0 Å². The zero-order valence-corrected chi connectivity index (χ0v) is 28.4. The highest BCUT2D eigenvalue weighted by atomic mass is 16.3. The predicted molar refractivity (Wildman–Crippen MR) is 214 cm³/mol. The minimum atomic E-state index is 0.167. The van der Waals surface area contributed by atoms with Crippen LogP contribution in [0.4, 0.5) is 0 Å². The van der Waals surface area contributed by atoms with Crippen molar-refractivity contribution in [1.82, 2.24) is 0 Å². The van der Waals surface area contributed by atoms with Crippen LogP contribution < -0.4 is 0 Å². The minimum Gasteiger partial charge on any atom is -0.507 e. The summed E-state index contributed by atoms with van der Waals surface area (Å²) in [6, 6.07) is 58.9. The van der Waals surface area contributed by atoms with Crippen molar-refractivity contribution in [2.75, 3.05) is 0 Å². The molecule has 1 heterocycles. The normalized spacial score (nSPS) is 11.5. The second-order valence-corrected chi connectivity index (χ2v) is 12.7. The van der Waals surface area contributed by atoms with E-state index in [-0.39, 0.29) is 5.75 Å². The third-order valence-electron chi connectivity index (χ3n) is 9.54. The molecule has 0 saturated carbocycles. The first-order chi connectivity index (χ1) is 25.1. The van der Waals surface area contributed by atoms with Gasteiger partial charge in [0.25, 0.3) is 0 Å². The van der Waals surface area contributed by atoms with Gasteiger partial charge in [-0.1, -0.05) is 152 Å². The Balaban J connectivity index is 1.14. The van der Waals surface area contributed by atoms with Gasteiger partial charge < -0.3 is 9.52 Å². The molecular weight excluding hydrogens is 621 g/mol. The van der Waals surface area contributed by atoms with Gasteiger partial charge >= 0.3 is 0 Å². The minimum absolute atomic E-state index is 0.167. The third-order valence-corrected chi connectivity index (χ3v) is 9.54. The van der Waals surface area contributed by atoms with E-state index >= 15 is 0 Å². The number of benzene rings is 7. The molecular formula is C49H36O2. The Hall–Kier alpha value is -6.64. The molecule has 0 fully saturated rings. The average molecular weight is 657 g/mol. The van der Waals surface area contributed by atoms with Gasteiger partial charge in [-0.15, -0.1) is 0 Å². The predicted octanol–water partition coefficient (Wildman–Crippen LogP) is 13.6. The largest absolute Gasteiger partial charge is 0.507 e. The topological polar surface area (TPSA) is 33.4 Å². The van der Waals surface area contributed by atoms with E-state index in [0.29, 0.717) is 5.58 Å². The fourth-order valence-electron chi connectivity index (χ4n) is 6.94. The molecule has 0 aliphatic heterocycles. The van der Waals surface area contributed by atoms with Gasteiger partial charge in [-0.2, -0.15) is 0 Å². The van der Waals surface area contributed by atoms with Crippen LogP contribution in [0.25, 0.3) is 78.3 Å². The van der Waals surface area contributed by atoms with E-state index < -0.39 is 0 Å². The van der Waals surface area contributed by atoms with Crippen molar-refractivity contribution < 1.29 is 9.52 Å². The fourth-order valence-corrected chi connectivity index (χ4v) is 6.94. The molecule has 1 aromatic heterocycles. The van der Waals surface area contributed by atoms with Gasteiger partial charge in [-0.05, 0) is 92.9 Å². The Labute approximate surface area is 298 Å². The van der Waals surface area contributed by atoms with Crippen LogP contribution in [-0.2, 0) is 0 Å². The smallest absolute Gasteiger partial charge is 0.142 e. The van der Waals surface area contributed by atoms with Crippen LogP contribution in [0, 0.1) is 0 Å². The maximum Gasteiger partial charge on any atom is 0.142 e. The van der Waals surface area contributed by atoms with Crippen LogP contribution in [0.15, 0.2) is 187 Å². The van der Waals surface area contributed by atoms with Crippen molar-refractivity contribution >= 4 is 22.6 Å². The van der Waals surface area contributed by atoms with Crippen LogP contribution >= 0.6 is 0 Å². The lowest BCUT2D eigenvalue weighted by Gasteiger charge is -2.12. The Morgan fingerprint density at radius 2 is 0.980 bits per heavy atom. The molecule has 8 rings (SSSR count). The number of hydrogen-bond donors (Lipinski definition) is 1. The molecule has 0 amide bonds. The Morgan fingerprint density at radius 1 is 0.510 bits per heavy atom. The van der Waals surface area contributed by atoms with Crippen molar-refractivity contribution in [2.45, 2.75) is 6.92 Å². The van der Waals surface area contributed by atoms with Gasteiger partial charge in [0, 0.05) is 28.2 Å². The summed E-state index contributed by atoms with van der Waals surface area (Å²) in [7, 11) is 0. The van der Waals surface area contributed by atoms with Gasteiger partial charge in [-0.3, -0.25) is 0 Å².